The zero-order valence-electron chi connectivity index (χ0n) is 8.31. The van der Waals surface area contributed by atoms with Crippen LogP contribution >= 0.6 is 15.9 Å². The molecule has 6 heteroatoms. The van der Waals surface area contributed by atoms with Crippen molar-refractivity contribution < 1.29 is 4.74 Å². The maximum absolute atomic E-state index is 5.40. The maximum Gasteiger partial charge on any atom is 0.361 e. The minimum absolute atomic E-state index is 0.244. The molecule has 15 heavy (non-hydrogen) atoms. The van der Waals surface area contributed by atoms with Crippen LogP contribution in [0.5, 0.6) is 11.8 Å². The van der Waals surface area contributed by atoms with E-state index in [2.05, 4.69) is 31.3 Å². The van der Waals surface area contributed by atoms with E-state index in [-0.39, 0.29) is 6.01 Å². The molecule has 0 saturated carbocycles. The van der Waals surface area contributed by atoms with Crippen LogP contribution in [0.1, 0.15) is 5.56 Å². The molecule has 0 atom stereocenters. The van der Waals surface area contributed by atoms with Crippen molar-refractivity contribution in [2.45, 2.75) is 6.92 Å². The van der Waals surface area contributed by atoms with E-state index in [1.54, 1.807) is 7.05 Å². The average molecular weight is 269 g/mol. The lowest BCUT2D eigenvalue weighted by atomic mass is 10.2. The van der Waals surface area contributed by atoms with Crippen LogP contribution in [0.25, 0.3) is 0 Å². The monoisotopic (exact) mass is 268 g/mol. The van der Waals surface area contributed by atoms with Gasteiger partial charge in [-0.05, 0) is 29.8 Å². The van der Waals surface area contributed by atoms with Crippen LogP contribution in [-0.2, 0) is 7.05 Å². The van der Waals surface area contributed by atoms with Crippen LogP contribution in [0.2, 0.25) is 0 Å². The zero-order chi connectivity index (χ0) is 10.8. The third-order valence-electron chi connectivity index (χ3n) is 1.84. The molecule has 1 heterocycles. The van der Waals surface area contributed by atoms with Crippen LogP contribution in [0.15, 0.2) is 22.7 Å². The fourth-order valence-electron chi connectivity index (χ4n) is 1.05. The number of hydrogen-bond acceptors (Lipinski definition) is 4. The SMILES string of the molecule is Cc1ccc(Oc2nnn(C)n2)cc1Br. The largest absolute Gasteiger partial charge is 0.422 e. The molecule has 0 aliphatic carbocycles. The van der Waals surface area contributed by atoms with Crippen molar-refractivity contribution in [1.82, 2.24) is 20.2 Å². The molecular formula is C9H9BrN4O. The molecule has 0 N–H and O–H groups in total. The molecule has 2 rings (SSSR count). The number of ether oxygens (including phenoxy) is 1. The highest BCUT2D eigenvalue weighted by atomic mass is 79.9. The third kappa shape index (κ3) is 2.33. The summed E-state index contributed by atoms with van der Waals surface area (Å²) in [6.45, 7) is 2.01. The van der Waals surface area contributed by atoms with Gasteiger partial charge in [0.15, 0.2) is 0 Å². The first-order chi connectivity index (χ1) is 7.15. The topological polar surface area (TPSA) is 52.8 Å². The number of halogens is 1. The molecule has 0 radical (unpaired) electrons. The average Bonchev–Trinajstić information content (AvgIpc) is 2.58. The Morgan fingerprint density at radius 1 is 1.40 bits per heavy atom. The van der Waals surface area contributed by atoms with Gasteiger partial charge in [0.25, 0.3) is 0 Å². The van der Waals surface area contributed by atoms with Crippen molar-refractivity contribution in [2.75, 3.05) is 0 Å². The molecule has 0 spiro atoms. The first kappa shape index (κ1) is 10.1. The minimum Gasteiger partial charge on any atom is -0.422 e. The lowest BCUT2D eigenvalue weighted by Gasteiger charge is -2.02. The summed E-state index contributed by atoms with van der Waals surface area (Å²) in [4.78, 5) is 1.35. The summed E-state index contributed by atoms with van der Waals surface area (Å²) in [5.41, 5.74) is 1.15. The smallest absolute Gasteiger partial charge is 0.361 e. The standard InChI is InChI=1S/C9H9BrN4O/c1-6-3-4-7(5-8(6)10)15-9-11-13-14(2)12-9/h3-5H,1-2H3. The number of rotatable bonds is 2. The first-order valence-electron chi connectivity index (χ1n) is 4.33. The van der Waals surface area contributed by atoms with Crippen LogP contribution in [0, 0.1) is 6.92 Å². The summed E-state index contributed by atoms with van der Waals surface area (Å²) in [6, 6.07) is 5.92. The maximum atomic E-state index is 5.40. The van der Waals surface area contributed by atoms with E-state index in [9.17, 15) is 0 Å². The Kier molecular flexibility index (Phi) is 2.68. The van der Waals surface area contributed by atoms with E-state index in [1.165, 1.54) is 4.80 Å². The molecule has 0 aliphatic heterocycles. The van der Waals surface area contributed by atoms with E-state index in [0.717, 1.165) is 10.0 Å². The molecule has 0 fully saturated rings. The Hall–Kier alpha value is -1.43. The predicted octanol–water partition coefficient (Wildman–Crippen LogP) is 2.07. The molecule has 5 nitrogen and oxygen atoms in total. The van der Waals surface area contributed by atoms with Gasteiger partial charge < -0.3 is 4.74 Å². The van der Waals surface area contributed by atoms with Gasteiger partial charge in [-0.2, -0.15) is 4.80 Å². The van der Waals surface area contributed by atoms with Gasteiger partial charge in [0.2, 0.25) is 0 Å². The van der Waals surface area contributed by atoms with Gasteiger partial charge in [0.05, 0.1) is 7.05 Å². The molecule has 1 aromatic carbocycles. The summed E-state index contributed by atoms with van der Waals surface area (Å²) >= 11 is 3.42. The summed E-state index contributed by atoms with van der Waals surface area (Å²) < 4.78 is 6.39. The molecular weight excluding hydrogens is 260 g/mol. The second-order valence-corrected chi connectivity index (χ2v) is 3.93. The fourth-order valence-corrected chi connectivity index (χ4v) is 1.41. The van der Waals surface area contributed by atoms with Crippen molar-refractivity contribution in [2.24, 2.45) is 7.05 Å². The first-order valence-corrected chi connectivity index (χ1v) is 5.12. The van der Waals surface area contributed by atoms with Gasteiger partial charge in [-0.15, -0.1) is 0 Å². The highest BCUT2D eigenvalue weighted by Gasteiger charge is 2.04. The number of hydrogen-bond donors (Lipinski definition) is 0. The van der Waals surface area contributed by atoms with Gasteiger partial charge in [0.1, 0.15) is 5.75 Å². The summed E-state index contributed by atoms with van der Waals surface area (Å²) in [5.74, 6) is 0.681. The van der Waals surface area contributed by atoms with Crippen molar-refractivity contribution in [3.8, 4) is 11.8 Å². The molecule has 1 aromatic heterocycles. The second kappa shape index (κ2) is 3.98. The second-order valence-electron chi connectivity index (χ2n) is 3.07. The lowest BCUT2D eigenvalue weighted by Crippen LogP contribution is -1.92. The Morgan fingerprint density at radius 3 is 2.80 bits per heavy atom. The quantitative estimate of drug-likeness (QED) is 0.837. The van der Waals surface area contributed by atoms with Crippen molar-refractivity contribution in [3.63, 3.8) is 0 Å². The van der Waals surface area contributed by atoms with Gasteiger partial charge >= 0.3 is 6.01 Å². The van der Waals surface area contributed by atoms with E-state index in [4.69, 9.17) is 4.74 Å². The third-order valence-corrected chi connectivity index (χ3v) is 2.70. The fraction of sp³-hybridized carbons (Fsp3) is 0.222. The van der Waals surface area contributed by atoms with Gasteiger partial charge in [0, 0.05) is 4.47 Å². The normalized spacial score (nSPS) is 10.3. The summed E-state index contributed by atoms with van der Waals surface area (Å²) in [5, 5.41) is 11.3. The molecule has 78 valence electrons. The molecule has 0 saturated heterocycles. The Balaban J connectivity index is 2.21. The molecule has 0 amide bonds. The molecule has 2 aromatic rings. The lowest BCUT2D eigenvalue weighted by molar-refractivity contribution is 0.438. The molecule has 0 aliphatic rings. The van der Waals surface area contributed by atoms with Crippen molar-refractivity contribution >= 4 is 15.9 Å². The zero-order valence-corrected chi connectivity index (χ0v) is 9.89. The summed E-state index contributed by atoms with van der Waals surface area (Å²) in [7, 11) is 1.69. The number of aryl methyl sites for hydroxylation is 2. The van der Waals surface area contributed by atoms with Gasteiger partial charge in [-0.3, -0.25) is 0 Å². The van der Waals surface area contributed by atoms with Crippen LogP contribution < -0.4 is 4.74 Å². The molecule has 0 bridgehead atoms. The van der Waals surface area contributed by atoms with Gasteiger partial charge in [-0.1, -0.05) is 32.2 Å². The van der Waals surface area contributed by atoms with Crippen LogP contribution in [0.4, 0.5) is 0 Å². The van der Waals surface area contributed by atoms with Crippen LogP contribution in [-0.4, -0.2) is 20.2 Å². The predicted molar refractivity (Wildman–Crippen MR) is 57.8 cm³/mol. The van der Waals surface area contributed by atoms with Gasteiger partial charge in [-0.25, -0.2) is 0 Å². The van der Waals surface area contributed by atoms with E-state index in [0.29, 0.717) is 5.75 Å². The van der Waals surface area contributed by atoms with Crippen molar-refractivity contribution in [3.05, 3.63) is 28.2 Å². The Labute approximate surface area is 95.2 Å². The number of benzene rings is 1. The van der Waals surface area contributed by atoms with E-state index in [1.807, 2.05) is 25.1 Å². The number of aromatic nitrogens is 4. The number of tetrazole rings is 1. The Morgan fingerprint density at radius 2 is 2.20 bits per heavy atom. The van der Waals surface area contributed by atoms with Crippen molar-refractivity contribution in [1.29, 1.82) is 0 Å². The van der Waals surface area contributed by atoms with Crippen LogP contribution in [0.3, 0.4) is 0 Å². The summed E-state index contributed by atoms with van der Waals surface area (Å²) in [6.07, 6.45) is 0. The highest BCUT2D eigenvalue weighted by Crippen LogP contribution is 2.24. The van der Waals surface area contributed by atoms with E-state index < -0.39 is 0 Å². The highest BCUT2D eigenvalue weighted by molar-refractivity contribution is 9.10. The molecule has 0 unspecified atom stereocenters. The Bertz CT molecular complexity index is 483. The number of nitrogens with zero attached hydrogens (tertiary/aromatic N) is 4. The minimum atomic E-state index is 0.244. The van der Waals surface area contributed by atoms with E-state index >= 15 is 0 Å².